The van der Waals surface area contributed by atoms with Gasteiger partial charge in [-0.05, 0) is 95.2 Å². The molecule has 0 spiro atoms. The van der Waals surface area contributed by atoms with E-state index in [1.807, 2.05) is 35.1 Å². The van der Waals surface area contributed by atoms with Crippen LogP contribution in [-0.2, 0) is 16.9 Å². The predicted molar refractivity (Wildman–Crippen MR) is 147 cm³/mol. The van der Waals surface area contributed by atoms with E-state index in [9.17, 15) is 14.9 Å². The number of aromatic nitrogens is 4. The van der Waals surface area contributed by atoms with Crippen LogP contribution in [0.5, 0.6) is 0 Å². The van der Waals surface area contributed by atoms with E-state index in [1.165, 1.54) is 0 Å². The number of nitrogens with one attached hydrogen (secondary N) is 1. The van der Waals surface area contributed by atoms with Crippen molar-refractivity contribution in [2.24, 2.45) is 17.3 Å². The first-order valence-electron chi connectivity index (χ1n) is 12.7. The van der Waals surface area contributed by atoms with Crippen LogP contribution in [0.2, 0.25) is 10.0 Å². The second kappa shape index (κ2) is 9.34. The Morgan fingerprint density at radius 2 is 1.92 bits per heavy atom. The highest BCUT2D eigenvalue weighted by atomic mass is 79.9. The lowest BCUT2D eigenvalue weighted by molar-refractivity contribution is -0.389. The summed E-state index contributed by atoms with van der Waals surface area (Å²) in [5, 5.41) is 24.3. The Balaban J connectivity index is 1.21. The van der Waals surface area contributed by atoms with Crippen molar-refractivity contribution in [3.63, 3.8) is 0 Å². The van der Waals surface area contributed by atoms with Crippen molar-refractivity contribution >= 4 is 56.7 Å². The molecule has 0 aliphatic heterocycles. The van der Waals surface area contributed by atoms with E-state index < -0.39 is 4.92 Å². The van der Waals surface area contributed by atoms with E-state index in [0.717, 1.165) is 44.1 Å². The maximum atomic E-state index is 13.4. The van der Waals surface area contributed by atoms with Gasteiger partial charge < -0.3 is 15.4 Å². The minimum Gasteiger partial charge on any atom is -0.358 e. The zero-order valence-corrected chi connectivity index (χ0v) is 23.9. The Kier molecular flexibility index (Phi) is 6.35. The van der Waals surface area contributed by atoms with Crippen molar-refractivity contribution in [1.29, 1.82) is 0 Å². The molecule has 2 atom stereocenters. The van der Waals surface area contributed by atoms with Gasteiger partial charge in [-0.3, -0.25) is 9.48 Å². The molecule has 3 aromatic rings. The van der Waals surface area contributed by atoms with Gasteiger partial charge in [-0.25, -0.2) is 0 Å². The van der Waals surface area contributed by atoms with Gasteiger partial charge >= 0.3 is 5.82 Å². The number of nitro groups is 1. The number of carbonyl (C=O) groups excluding carboxylic acids is 1. The second-order valence-electron chi connectivity index (χ2n) is 11.4. The lowest BCUT2D eigenvalue weighted by Gasteiger charge is -2.61. The summed E-state index contributed by atoms with van der Waals surface area (Å²) in [6.07, 6.45) is 7.91. The van der Waals surface area contributed by atoms with Gasteiger partial charge in [0.1, 0.15) is 0 Å². The lowest BCUT2D eigenvalue weighted by atomic mass is 9.46. The van der Waals surface area contributed by atoms with Crippen LogP contribution < -0.4 is 5.32 Å². The highest BCUT2D eigenvalue weighted by Crippen LogP contribution is 2.65. The van der Waals surface area contributed by atoms with E-state index in [1.54, 1.807) is 11.6 Å². The van der Waals surface area contributed by atoms with Gasteiger partial charge in [-0.1, -0.05) is 41.4 Å². The van der Waals surface area contributed by atoms with Crippen molar-refractivity contribution in [3.05, 3.63) is 66.4 Å². The molecule has 12 heteroatoms. The standard InChI is InChI=1S/C26H27BrCl2N6O3/c1-15-22(29)24(35(37)38)32-34(15)26-9-16-6-17(10-26)8-25(7-16,14-26)11-21(36)30-23-19(27)13-33(31-23)12-18-4-2-3-5-20(18)28/h2-5,13,16-17H,6-12,14H2,1H3,(H,30,31,36). The number of anilines is 1. The third kappa shape index (κ3) is 4.44. The third-order valence-corrected chi connectivity index (χ3v) is 9.99. The number of hydrogen-bond donors (Lipinski definition) is 1. The molecule has 7 rings (SSSR count). The van der Waals surface area contributed by atoms with Crippen LogP contribution in [-0.4, -0.2) is 30.4 Å². The van der Waals surface area contributed by atoms with Crippen molar-refractivity contribution in [1.82, 2.24) is 19.6 Å². The quantitative estimate of drug-likeness (QED) is 0.232. The maximum absolute atomic E-state index is 13.4. The molecule has 4 saturated carbocycles. The first-order valence-corrected chi connectivity index (χ1v) is 14.3. The molecule has 9 nitrogen and oxygen atoms in total. The van der Waals surface area contributed by atoms with Crippen LogP contribution in [0.4, 0.5) is 11.6 Å². The van der Waals surface area contributed by atoms with Crippen LogP contribution in [0.1, 0.15) is 56.2 Å². The third-order valence-electron chi connectivity index (χ3n) is 8.60. The zero-order chi connectivity index (χ0) is 26.8. The molecular formula is C26H27BrCl2N6O3. The van der Waals surface area contributed by atoms with Gasteiger partial charge in [0.15, 0.2) is 10.8 Å². The summed E-state index contributed by atoms with van der Waals surface area (Å²) >= 11 is 16.2. The Morgan fingerprint density at radius 3 is 2.58 bits per heavy atom. The summed E-state index contributed by atoms with van der Waals surface area (Å²) in [6.45, 7) is 2.29. The number of benzene rings is 1. The summed E-state index contributed by atoms with van der Waals surface area (Å²) < 4.78 is 4.27. The summed E-state index contributed by atoms with van der Waals surface area (Å²) in [6, 6.07) is 7.60. The van der Waals surface area contributed by atoms with Crippen LogP contribution in [0, 0.1) is 34.3 Å². The van der Waals surface area contributed by atoms with Crippen LogP contribution in [0.15, 0.2) is 34.9 Å². The Morgan fingerprint density at radius 1 is 1.21 bits per heavy atom. The average Bonchev–Trinajstić information content (AvgIpc) is 3.32. The SMILES string of the molecule is Cc1c(Cl)c([N+](=O)[O-])nn1C12CC3CC(CC(CC(=O)Nc4nn(Cc5ccccc5Cl)cc4Br)(C3)C1)C2. The molecule has 1 aromatic carbocycles. The van der Waals surface area contributed by atoms with E-state index in [0.29, 0.717) is 45.8 Å². The van der Waals surface area contributed by atoms with Gasteiger partial charge in [-0.2, -0.15) is 9.78 Å². The van der Waals surface area contributed by atoms with E-state index in [4.69, 9.17) is 23.2 Å². The van der Waals surface area contributed by atoms with Crippen LogP contribution >= 0.6 is 39.1 Å². The van der Waals surface area contributed by atoms with Crippen molar-refractivity contribution in [2.45, 2.75) is 64.0 Å². The first kappa shape index (κ1) is 25.8. The van der Waals surface area contributed by atoms with Crippen molar-refractivity contribution in [2.75, 3.05) is 5.32 Å². The number of amides is 1. The second-order valence-corrected chi connectivity index (χ2v) is 13.1. The first-order chi connectivity index (χ1) is 18.1. The maximum Gasteiger partial charge on any atom is 0.408 e. The van der Waals surface area contributed by atoms with E-state index in [-0.39, 0.29) is 27.7 Å². The molecule has 2 aromatic heterocycles. The highest BCUT2D eigenvalue weighted by molar-refractivity contribution is 9.10. The average molecular weight is 622 g/mol. The Hall–Kier alpha value is -2.43. The van der Waals surface area contributed by atoms with Gasteiger partial charge in [0.2, 0.25) is 5.91 Å². The number of halogens is 3. The molecule has 4 aliphatic carbocycles. The molecule has 4 fully saturated rings. The fourth-order valence-electron chi connectivity index (χ4n) is 7.78. The highest BCUT2D eigenvalue weighted by Gasteiger charge is 2.61. The molecule has 2 heterocycles. The molecule has 1 amide bonds. The normalized spacial score (nSPS) is 27.6. The number of nitrogens with zero attached hydrogens (tertiary/aromatic N) is 5. The number of hydrogen-bond acceptors (Lipinski definition) is 5. The Bertz CT molecular complexity index is 1440. The van der Waals surface area contributed by atoms with Crippen molar-refractivity contribution in [3.8, 4) is 0 Å². The summed E-state index contributed by atoms with van der Waals surface area (Å²) in [5.74, 6) is 1.04. The number of rotatable bonds is 7. The summed E-state index contributed by atoms with van der Waals surface area (Å²) in [5.41, 5.74) is 1.05. The minimum atomic E-state index is -0.516. The van der Waals surface area contributed by atoms with Gasteiger partial charge in [0, 0.05) is 17.6 Å². The Labute approximate surface area is 238 Å². The molecule has 0 saturated heterocycles. The number of carbonyl (C=O) groups is 1. The van der Waals surface area contributed by atoms with Gasteiger partial charge in [-0.15, -0.1) is 0 Å². The van der Waals surface area contributed by atoms with E-state index in [2.05, 4.69) is 31.4 Å². The smallest absolute Gasteiger partial charge is 0.358 e. The van der Waals surface area contributed by atoms with Crippen molar-refractivity contribution < 1.29 is 9.72 Å². The fourth-order valence-corrected chi connectivity index (χ4v) is 8.58. The molecule has 1 N–H and O–H groups in total. The van der Waals surface area contributed by atoms with Gasteiger partial charge in [0.25, 0.3) is 0 Å². The molecule has 4 bridgehead atoms. The largest absolute Gasteiger partial charge is 0.408 e. The molecule has 2 unspecified atom stereocenters. The lowest BCUT2D eigenvalue weighted by Crippen LogP contribution is -2.57. The van der Waals surface area contributed by atoms with Crippen LogP contribution in [0.3, 0.4) is 0 Å². The predicted octanol–water partition coefficient (Wildman–Crippen LogP) is 6.74. The van der Waals surface area contributed by atoms with Gasteiger partial charge in [0.05, 0.1) is 27.3 Å². The monoisotopic (exact) mass is 620 g/mol. The minimum absolute atomic E-state index is 0.0769. The molecule has 0 radical (unpaired) electrons. The summed E-state index contributed by atoms with van der Waals surface area (Å²) in [7, 11) is 0. The molecule has 200 valence electrons. The van der Waals surface area contributed by atoms with Crippen LogP contribution in [0.25, 0.3) is 0 Å². The molecule has 4 aliphatic rings. The van der Waals surface area contributed by atoms with E-state index >= 15 is 0 Å². The molecule has 38 heavy (non-hydrogen) atoms. The fraction of sp³-hybridized carbons (Fsp3) is 0.500. The topological polar surface area (TPSA) is 108 Å². The zero-order valence-electron chi connectivity index (χ0n) is 20.8. The molecular weight excluding hydrogens is 595 g/mol. The summed E-state index contributed by atoms with van der Waals surface area (Å²) in [4.78, 5) is 24.4.